The maximum Gasteiger partial charge on any atom is 0.237 e. The Balaban J connectivity index is 1.49. The van der Waals surface area contributed by atoms with Crippen LogP contribution in [0.3, 0.4) is 0 Å². The fourth-order valence-corrected chi connectivity index (χ4v) is 6.15. The Hall–Kier alpha value is -3.95. The zero-order chi connectivity index (χ0) is 32.9. The highest BCUT2D eigenvalue weighted by Crippen LogP contribution is 2.16. The number of benzene rings is 3. The molecule has 0 aliphatic carbocycles. The number of aryl methyl sites for hydroxylation is 2. The highest BCUT2D eigenvalue weighted by Gasteiger charge is 2.26. The molecule has 2 atom stereocenters. The molecule has 3 aromatic carbocycles. The summed E-state index contributed by atoms with van der Waals surface area (Å²) in [4.78, 5) is 27.3. The number of quaternary nitrogens is 1. The molecule has 8 heteroatoms. The molecule has 0 bridgehead atoms. The molecule has 4 aromatic rings. The molecule has 7 N–H and O–H groups in total. The van der Waals surface area contributed by atoms with Crippen LogP contribution in [0.2, 0.25) is 0 Å². The average Bonchev–Trinajstić information content (AvgIpc) is 3.04. The van der Waals surface area contributed by atoms with Crippen molar-refractivity contribution in [1.82, 2.24) is 5.32 Å². The standard InChI is InChI=1S/C38H51N6O2/c1-29-14-16-31(17-15-29)27-43-28-32(25-33-11-6-7-13-36(33)43)26-37(45)35(19-18-30-9-4-3-5-10-30)42-38(46)34(41)12-8-22-44(2,23-20-39)24-21-40/h3-7,9-11,13-17,25,28,34-35H,8,12,18-24,26-27,39-41H2,1-2H3/q+1/p+1/t34-,35+/m0/s1. The average molecular weight is 625 g/mol. The summed E-state index contributed by atoms with van der Waals surface area (Å²) in [6.45, 7) is 6.44. The van der Waals surface area contributed by atoms with Gasteiger partial charge in [0.2, 0.25) is 11.4 Å². The summed E-state index contributed by atoms with van der Waals surface area (Å²) < 4.78 is 2.97. The number of hydrogen-bond acceptors (Lipinski definition) is 5. The molecule has 0 saturated carbocycles. The van der Waals surface area contributed by atoms with Crippen molar-refractivity contribution in [2.24, 2.45) is 17.2 Å². The lowest BCUT2D eigenvalue weighted by atomic mass is 9.97. The van der Waals surface area contributed by atoms with Gasteiger partial charge in [-0.25, -0.2) is 0 Å². The van der Waals surface area contributed by atoms with Gasteiger partial charge in [0.05, 0.1) is 38.8 Å². The largest absolute Gasteiger partial charge is 0.345 e. The molecule has 0 fully saturated rings. The Morgan fingerprint density at radius 1 is 0.826 bits per heavy atom. The molecular formula is C38H52N6O2+2. The highest BCUT2D eigenvalue weighted by atomic mass is 16.2. The van der Waals surface area contributed by atoms with Gasteiger partial charge < -0.3 is 27.0 Å². The van der Waals surface area contributed by atoms with Crippen LogP contribution in [-0.4, -0.2) is 68.0 Å². The van der Waals surface area contributed by atoms with Crippen molar-refractivity contribution in [2.45, 2.75) is 57.7 Å². The van der Waals surface area contributed by atoms with E-state index >= 15 is 0 Å². The molecule has 0 aliphatic heterocycles. The normalized spacial score (nSPS) is 13.0. The summed E-state index contributed by atoms with van der Waals surface area (Å²) in [5, 5.41) is 4.11. The lowest BCUT2D eigenvalue weighted by Crippen LogP contribution is -2.52. The van der Waals surface area contributed by atoms with Gasteiger partial charge in [-0.2, -0.15) is 4.57 Å². The second-order valence-electron chi connectivity index (χ2n) is 12.9. The molecule has 1 heterocycles. The second-order valence-corrected chi connectivity index (χ2v) is 12.9. The first-order chi connectivity index (χ1) is 22.2. The molecule has 0 saturated heterocycles. The second kappa shape index (κ2) is 17.1. The van der Waals surface area contributed by atoms with Crippen LogP contribution in [-0.2, 0) is 29.0 Å². The Morgan fingerprint density at radius 3 is 2.20 bits per heavy atom. The number of likely N-dealkylation sites (N-methyl/N-ethyl adjacent to an activating group) is 1. The number of amides is 1. The zero-order valence-corrected chi connectivity index (χ0v) is 27.5. The van der Waals surface area contributed by atoms with E-state index in [0.717, 1.165) is 52.6 Å². The van der Waals surface area contributed by atoms with Gasteiger partial charge in [0.15, 0.2) is 18.5 Å². The van der Waals surface area contributed by atoms with Gasteiger partial charge in [-0.3, -0.25) is 9.59 Å². The SMILES string of the molecule is Cc1ccc(C[n+]2cc(CC(=O)[C@@H](CCc3ccccc3)NC(=O)[C@@H](N)CCC[N+](C)(CCN)CCN)cc3ccccc32)cc1. The summed E-state index contributed by atoms with van der Waals surface area (Å²) >= 11 is 0. The van der Waals surface area contributed by atoms with Crippen LogP contribution in [0.25, 0.3) is 10.9 Å². The van der Waals surface area contributed by atoms with E-state index in [2.05, 4.69) is 72.5 Å². The van der Waals surface area contributed by atoms with Crippen LogP contribution < -0.4 is 27.1 Å². The fourth-order valence-electron chi connectivity index (χ4n) is 6.15. The molecule has 0 unspecified atom stereocenters. The Bertz CT molecular complexity index is 1550. The minimum atomic E-state index is -0.700. The van der Waals surface area contributed by atoms with Crippen LogP contribution >= 0.6 is 0 Å². The molecule has 1 aromatic heterocycles. The smallest absolute Gasteiger partial charge is 0.237 e. The van der Waals surface area contributed by atoms with E-state index in [4.69, 9.17) is 17.2 Å². The van der Waals surface area contributed by atoms with Crippen molar-refractivity contribution in [1.29, 1.82) is 0 Å². The molecule has 244 valence electrons. The number of aromatic nitrogens is 1. The maximum atomic E-state index is 13.9. The summed E-state index contributed by atoms with van der Waals surface area (Å²) in [6.07, 6.45) is 4.75. The molecule has 46 heavy (non-hydrogen) atoms. The fraction of sp³-hybridized carbons (Fsp3) is 0.395. The topological polar surface area (TPSA) is 128 Å². The van der Waals surface area contributed by atoms with Gasteiger partial charge in [0.1, 0.15) is 0 Å². The highest BCUT2D eigenvalue weighted by molar-refractivity contribution is 5.92. The molecule has 0 spiro atoms. The number of rotatable bonds is 18. The number of carbonyl (C=O) groups excluding carboxylic acids is 2. The van der Waals surface area contributed by atoms with Crippen molar-refractivity contribution >= 4 is 22.6 Å². The van der Waals surface area contributed by atoms with E-state index in [0.29, 0.717) is 38.9 Å². The zero-order valence-electron chi connectivity index (χ0n) is 27.5. The number of carbonyl (C=O) groups is 2. The first-order valence-electron chi connectivity index (χ1n) is 16.5. The van der Waals surface area contributed by atoms with Crippen molar-refractivity contribution in [3.05, 3.63) is 113 Å². The molecule has 0 aliphatic rings. The van der Waals surface area contributed by atoms with E-state index in [-0.39, 0.29) is 18.1 Å². The van der Waals surface area contributed by atoms with Crippen LogP contribution in [0.5, 0.6) is 0 Å². The lowest BCUT2D eigenvalue weighted by molar-refractivity contribution is -0.907. The van der Waals surface area contributed by atoms with Crippen LogP contribution in [0.15, 0.2) is 91.1 Å². The first kappa shape index (κ1) is 34.9. The van der Waals surface area contributed by atoms with Crippen molar-refractivity contribution in [3.8, 4) is 0 Å². The predicted octanol–water partition coefficient (Wildman–Crippen LogP) is 3.18. The number of nitrogens with zero attached hydrogens (tertiary/aromatic N) is 2. The van der Waals surface area contributed by atoms with Gasteiger partial charge >= 0.3 is 0 Å². The number of nitrogens with two attached hydrogens (primary N) is 3. The molecule has 1 amide bonds. The number of hydrogen-bond donors (Lipinski definition) is 4. The third-order valence-corrected chi connectivity index (χ3v) is 8.92. The summed E-state index contributed by atoms with van der Waals surface area (Å²) in [7, 11) is 2.14. The van der Waals surface area contributed by atoms with Gasteiger partial charge in [-0.05, 0) is 50.3 Å². The maximum absolute atomic E-state index is 13.9. The minimum Gasteiger partial charge on any atom is -0.345 e. The number of para-hydroxylation sites is 1. The number of ketones is 1. The Morgan fingerprint density at radius 2 is 1.50 bits per heavy atom. The third-order valence-electron chi connectivity index (χ3n) is 8.92. The van der Waals surface area contributed by atoms with Crippen molar-refractivity contribution < 1.29 is 18.6 Å². The molecular weight excluding hydrogens is 572 g/mol. The minimum absolute atomic E-state index is 0.0243. The Kier molecular flexibility index (Phi) is 13.0. The number of fused-ring (bicyclic) bond motifs is 1. The van der Waals surface area contributed by atoms with Crippen molar-refractivity contribution in [2.75, 3.05) is 39.8 Å². The predicted molar refractivity (Wildman–Crippen MR) is 186 cm³/mol. The quantitative estimate of drug-likeness (QED) is 0.0999. The van der Waals surface area contributed by atoms with E-state index in [1.54, 1.807) is 0 Å². The molecule has 4 rings (SSSR count). The van der Waals surface area contributed by atoms with Crippen LogP contribution in [0.1, 0.15) is 41.5 Å². The van der Waals surface area contributed by atoms with Crippen LogP contribution in [0.4, 0.5) is 0 Å². The molecule has 8 nitrogen and oxygen atoms in total. The van der Waals surface area contributed by atoms with Gasteiger partial charge in [0.25, 0.3) is 0 Å². The number of Topliss-reactive ketones (excluding diaryl/α,β-unsaturated/α-hetero) is 1. The van der Waals surface area contributed by atoms with E-state index in [1.165, 1.54) is 11.1 Å². The van der Waals surface area contributed by atoms with E-state index < -0.39 is 12.1 Å². The summed E-state index contributed by atoms with van der Waals surface area (Å²) in [5.74, 6) is -0.310. The van der Waals surface area contributed by atoms with E-state index in [9.17, 15) is 9.59 Å². The Labute approximate surface area is 274 Å². The van der Waals surface area contributed by atoms with Gasteiger partial charge in [0, 0.05) is 42.1 Å². The lowest BCUT2D eigenvalue weighted by Gasteiger charge is -2.34. The summed E-state index contributed by atoms with van der Waals surface area (Å²) in [5.41, 5.74) is 23.6. The number of pyridine rings is 1. The first-order valence-corrected chi connectivity index (χ1v) is 16.5. The molecule has 0 radical (unpaired) electrons. The monoisotopic (exact) mass is 624 g/mol. The van der Waals surface area contributed by atoms with Gasteiger partial charge in [-0.1, -0.05) is 72.3 Å². The van der Waals surface area contributed by atoms with E-state index in [1.807, 2.05) is 42.5 Å². The van der Waals surface area contributed by atoms with Crippen molar-refractivity contribution in [3.63, 3.8) is 0 Å². The third kappa shape index (κ3) is 10.3. The van der Waals surface area contributed by atoms with Gasteiger partial charge in [-0.15, -0.1) is 0 Å². The summed E-state index contributed by atoms with van der Waals surface area (Å²) in [6, 6.07) is 27.5. The number of nitrogens with one attached hydrogen (secondary N) is 1. The van der Waals surface area contributed by atoms with Crippen LogP contribution in [0, 0.1) is 6.92 Å².